The Balaban J connectivity index is 1.86. The van der Waals surface area contributed by atoms with Crippen LogP contribution in [0.5, 0.6) is 5.88 Å². The lowest BCUT2D eigenvalue weighted by molar-refractivity contribution is -0.134. The van der Waals surface area contributed by atoms with Gasteiger partial charge in [0.15, 0.2) is 5.65 Å². The zero-order valence-corrected chi connectivity index (χ0v) is 10.4. The van der Waals surface area contributed by atoms with Gasteiger partial charge in [0.1, 0.15) is 12.7 Å². The van der Waals surface area contributed by atoms with Crippen molar-refractivity contribution in [3.8, 4) is 5.88 Å². The first-order chi connectivity index (χ1) is 8.79. The van der Waals surface area contributed by atoms with Gasteiger partial charge in [-0.15, -0.1) is 0 Å². The number of hydrogen-bond donors (Lipinski definition) is 0. The second-order valence-corrected chi connectivity index (χ2v) is 4.07. The van der Waals surface area contributed by atoms with Crippen LogP contribution >= 0.6 is 0 Å². The summed E-state index contributed by atoms with van der Waals surface area (Å²) in [6.07, 6.45) is 7.55. The van der Waals surface area contributed by atoms with Gasteiger partial charge < -0.3 is 4.74 Å². The molecule has 6 nitrogen and oxygen atoms in total. The van der Waals surface area contributed by atoms with E-state index in [0.717, 1.165) is 25.7 Å². The van der Waals surface area contributed by atoms with E-state index < -0.39 is 0 Å². The number of rotatable bonds is 6. The van der Waals surface area contributed by atoms with E-state index in [9.17, 15) is 4.79 Å². The zero-order chi connectivity index (χ0) is 12.8. The molecule has 0 spiro atoms. The normalized spacial score (nSPS) is 10.7. The second-order valence-electron chi connectivity index (χ2n) is 4.07. The summed E-state index contributed by atoms with van der Waals surface area (Å²) in [7, 11) is 0. The lowest BCUT2D eigenvalue weighted by Crippen LogP contribution is -2.09. The average molecular weight is 248 g/mol. The van der Waals surface area contributed by atoms with Crippen molar-refractivity contribution in [2.45, 2.75) is 39.0 Å². The van der Waals surface area contributed by atoms with Gasteiger partial charge in [-0.05, 0) is 6.42 Å². The lowest BCUT2D eigenvalue weighted by atomic mass is 10.2. The Bertz CT molecular complexity index is 524. The molecule has 0 fully saturated rings. The molecule has 0 saturated heterocycles. The standard InChI is InChI=1S/C12H16N4O2/c1-2-3-4-5-6-12(17)18-11-7-10-13-8-15-16(10)9-14-11/h7-9H,2-6H2,1H3. The van der Waals surface area contributed by atoms with Gasteiger partial charge in [0.2, 0.25) is 5.88 Å². The van der Waals surface area contributed by atoms with Crippen LogP contribution in [0.4, 0.5) is 0 Å². The van der Waals surface area contributed by atoms with Crippen LogP contribution in [0.3, 0.4) is 0 Å². The summed E-state index contributed by atoms with van der Waals surface area (Å²) >= 11 is 0. The van der Waals surface area contributed by atoms with Crippen LogP contribution in [0.2, 0.25) is 0 Å². The van der Waals surface area contributed by atoms with Gasteiger partial charge in [-0.25, -0.2) is 14.5 Å². The number of unbranched alkanes of at least 4 members (excludes halogenated alkanes) is 3. The molecule has 0 aliphatic heterocycles. The molecular formula is C12H16N4O2. The van der Waals surface area contributed by atoms with Crippen molar-refractivity contribution in [3.63, 3.8) is 0 Å². The average Bonchev–Trinajstić information content (AvgIpc) is 2.82. The van der Waals surface area contributed by atoms with E-state index >= 15 is 0 Å². The van der Waals surface area contributed by atoms with E-state index in [0.29, 0.717) is 12.1 Å². The van der Waals surface area contributed by atoms with Crippen LogP contribution in [0.15, 0.2) is 18.7 Å². The van der Waals surface area contributed by atoms with Crippen molar-refractivity contribution in [1.82, 2.24) is 19.6 Å². The fraction of sp³-hybridized carbons (Fsp3) is 0.500. The van der Waals surface area contributed by atoms with Crippen molar-refractivity contribution < 1.29 is 9.53 Å². The number of esters is 1. The summed E-state index contributed by atoms with van der Waals surface area (Å²) < 4.78 is 6.65. The minimum atomic E-state index is -0.248. The van der Waals surface area contributed by atoms with Gasteiger partial charge in [0, 0.05) is 12.5 Å². The first-order valence-corrected chi connectivity index (χ1v) is 6.15. The van der Waals surface area contributed by atoms with Gasteiger partial charge in [-0.3, -0.25) is 4.79 Å². The molecule has 2 aromatic rings. The van der Waals surface area contributed by atoms with Gasteiger partial charge in [0.05, 0.1) is 0 Å². The Morgan fingerprint density at radius 3 is 3.06 bits per heavy atom. The zero-order valence-electron chi connectivity index (χ0n) is 10.4. The summed E-state index contributed by atoms with van der Waals surface area (Å²) in [4.78, 5) is 19.5. The molecule has 0 aliphatic carbocycles. The van der Waals surface area contributed by atoms with Crippen LogP contribution in [0, 0.1) is 0 Å². The van der Waals surface area contributed by atoms with Crippen LogP contribution < -0.4 is 4.74 Å². The Morgan fingerprint density at radius 2 is 2.22 bits per heavy atom. The molecule has 0 amide bonds. The highest BCUT2D eigenvalue weighted by molar-refractivity contribution is 5.72. The lowest BCUT2D eigenvalue weighted by Gasteiger charge is -2.03. The Kier molecular flexibility index (Phi) is 4.22. The van der Waals surface area contributed by atoms with E-state index in [-0.39, 0.29) is 11.8 Å². The highest BCUT2D eigenvalue weighted by Crippen LogP contribution is 2.10. The second kappa shape index (κ2) is 6.09. The molecule has 6 heteroatoms. The topological polar surface area (TPSA) is 69.4 Å². The number of carbonyl (C=O) groups is 1. The van der Waals surface area contributed by atoms with Gasteiger partial charge in [-0.1, -0.05) is 26.2 Å². The molecule has 0 atom stereocenters. The van der Waals surface area contributed by atoms with Crippen LogP contribution in [0.25, 0.3) is 5.65 Å². The van der Waals surface area contributed by atoms with E-state index in [1.807, 2.05) is 0 Å². The largest absolute Gasteiger partial charge is 0.407 e. The first-order valence-electron chi connectivity index (χ1n) is 6.15. The molecule has 2 heterocycles. The highest BCUT2D eigenvalue weighted by atomic mass is 16.5. The molecule has 0 N–H and O–H groups in total. The van der Waals surface area contributed by atoms with Gasteiger partial charge >= 0.3 is 5.97 Å². The quantitative estimate of drug-likeness (QED) is 0.577. The van der Waals surface area contributed by atoms with Crippen molar-refractivity contribution in [3.05, 3.63) is 18.7 Å². The maximum absolute atomic E-state index is 11.5. The first kappa shape index (κ1) is 12.5. The number of nitrogens with zero attached hydrogens (tertiary/aromatic N) is 4. The van der Waals surface area contributed by atoms with E-state index in [1.165, 1.54) is 17.2 Å². The van der Waals surface area contributed by atoms with Gasteiger partial charge in [0.25, 0.3) is 0 Å². The van der Waals surface area contributed by atoms with E-state index in [1.54, 1.807) is 6.07 Å². The summed E-state index contributed by atoms with van der Waals surface area (Å²) in [5.41, 5.74) is 0.610. The van der Waals surface area contributed by atoms with Crippen molar-refractivity contribution in [1.29, 1.82) is 0 Å². The molecule has 0 bridgehead atoms. The maximum Gasteiger partial charge on any atom is 0.312 e. The molecule has 0 unspecified atom stereocenters. The minimum absolute atomic E-state index is 0.248. The molecule has 0 radical (unpaired) electrons. The SMILES string of the molecule is CCCCCCC(=O)Oc1cc2ncnn2cn1. The molecule has 0 aromatic carbocycles. The third kappa shape index (κ3) is 3.26. The van der Waals surface area contributed by atoms with Gasteiger partial charge in [-0.2, -0.15) is 5.10 Å². The molecule has 0 aliphatic rings. The molecule has 96 valence electrons. The van der Waals surface area contributed by atoms with Crippen molar-refractivity contribution in [2.24, 2.45) is 0 Å². The minimum Gasteiger partial charge on any atom is -0.407 e. The third-order valence-electron chi connectivity index (χ3n) is 2.60. The van der Waals surface area contributed by atoms with E-state index in [2.05, 4.69) is 22.0 Å². The third-order valence-corrected chi connectivity index (χ3v) is 2.60. The van der Waals surface area contributed by atoms with Crippen LogP contribution in [-0.4, -0.2) is 25.6 Å². The fourth-order valence-electron chi connectivity index (χ4n) is 1.63. The van der Waals surface area contributed by atoms with Crippen molar-refractivity contribution in [2.75, 3.05) is 0 Å². The number of fused-ring (bicyclic) bond motifs is 1. The summed E-state index contributed by atoms with van der Waals surface area (Å²) in [5.74, 6) is 0.0264. The summed E-state index contributed by atoms with van der Waals surface area (Å²) in [5, 5.41) is 3.91. The number of carbonyl (C=O) groups excluding carboxylic acids is 1. The Morgan fingerprint density at radius 1 is 1.33 bits per heavy atom. The Hall–Kier alpha value is -1.98. The summed E-state index contributed by atoms with van der Waals surface area (Å²) in [6, 6.07) is 1.59. The smallest absolute Gasteiger partial charge is 0.312 e. The van der Waals surface area contributed by atoms with Crippen molar-refractivity contribution >= 4 is 11.6 Å². The summed E-state index contributed by atoms with van der Waals surface area (Å²) in [6.45, 7) is 2.13. The fourth-order valence-corrected chi connectivity index (χ4v) is 1.63. The molecule has 2 rings (SSSR count). The maximum atomic E-state index is 11.5. The molecule has 0 saturated carbocycles. The molecule has 18 heavy (non-hydrogen) atoms. The van der Waals surface area contributed by atoms with Crippen LogP contribution in [0.1, 0.15) is 39.0 Å². The number of ether oxygens (including phenoxy) is 1. The van der Waals surface area contributed by atoms with E-state index in [4.69, 9.17) is 4.74 Å². The predicted molar refractivity (Wildman–Crippen MR) is 65.2 cm³/mol. The predicted octanol–water partition coefficient (Wildman–Crippen LogP) is 2.00. The highest BCUT2D eigenvalue weighted by Gasteiger charge is 2.07. The Labute approximate surface area is 105 Å². The molecular weight excluding hydrogens is 232 g/mol. The van der Waals surface area contributed by atoms with Crippen LogP contribution in [-0.2, 0) is 4.79 Å². The molecule has 2 aromatic heterocycles. The number of aromatic nitrogens is 4. The monoisotopic (exact) mass is 248 g/mol. The number of hydrogen-bond acceptors (Lipinski definition) is 5.